The summed E-state index contributed by atoms with van der Waals surface area (Å²) in [6.45, 7) is 6.84. The van der Waals surface area contributed by atoms with Crippen LogP contribution < -0.4 is 0 Å². The molecule has 2 aliphatic rings. The minimum absolute atomic E-state index is 0.0641. The molecule has 1 nitrogen and oxygen atoms in total. The van der Waals surface area contributed by atoms with Gasteiger partial charge in [-0.15, -0.1) is 0 Å². The average Bonchev–Trinajstić information content (AvgIpc) is 2.88. The van der Waals surface area contributed by atoms with Crippen LogP contribution in [0, 0.1) is 17.8 Å². The molecule has 0 aromatic rings. The highest BCUT2D eigenvalue weighted by atomic mass is 19.4. The van der Waals surface area contributed by atoms with Crippen molar-refractivity contribution < 1.29 is 17.9 Å². The van der Waals surface area contributed by atoms with Crippen LogP contribution in [0.15, 0.2) is 12.2 Å². The predicted molar refractivity (Wildman–Crippen MR) is 68.8 cm³/mol. The molecule has 4 heteroatoms. The van der Waals surface area contributed by atoms with Crippen molar-refractivity contribution in [2.24, 2.45) is 17.8 Å². The lowest BCUT2D eigenvalue weighted by Crippen LogP contribution is -2.20. The molecule has 1 aliphatic heterocycles. The summed E-state index contributed by atoms with van der Waals surface area (Å²) < 4.78 is 42.4. The molecule has 0 bridgehead atoms. The third kappa shape index (κ3) is 3.74. The van der Waals surface area contributed by atoms with Crippen LogP contribution in [-0.4, -0.2) is 18.9 Å². The van der Waals surface area contributed by atoms with Gasteiger partial charge >= 0.3 is 6.18 Å². The fraction of sp³-hybridized carbons (Fsp3) is 0.867. The molecule has 4 atom stereocenters. The zero-order valence-corrected chi connectivity index (χ0v) is 11.5. The van der Waals surface area contributed by atoms with Crippen molar-refractivity contribution >= 4 is 0 Å². The lowest BCUT2D eigenvalue weighted by Gasteiger charge is -2.20. The van der Waals surface area contributed by atoms with Crippen molar-refractivity contribution in [1.82, 2.24) is 0 Å². The first-order valence-corrected chi connectivity index (χ1v) is 7.25. The molecular weight excluding hydrogens is 253 g/mol. The van der Waals surface area contributed by atoms with Crippen LogP contribution in [0.5, 0.6) is 0 Å². The van der Waals surface area contributed by atoms with Crippen LogP contribution in [0.25, 0.3) is 0 Å². The van der Waals surface area contributed by atoms with E-state index in [0.717, 1.165) is 25.0 Å². The van der Waals surface area contributed by atoms with E-state index in [4.69, 9.17) is 4.74 Å². The number of ether oxygens (including phenoxy) is 1. The minimum Gasteiger partial charge on any atom is -0.377 e. The summed E-state index contributed by atoms with van der Waals surface area (Å²) in [6, 6.07) is 0. The molecule has 2 rings (SSSR count). The molecule has 1 saturated carbocycles. The zero-order chi connectivity index (χ0) is 14.0. The highest BCUT2D eigenvalue weighted by Gasteiger charge is 2.45. The number of halogens is 3. The molecule has 1 heterocycles. The molecule has 4 unspecified atom stereocenters. The number of fused-ring (bicyclic) bond motifs is 1. The maximum Gasteiger partial charge on any atom is 0.389 e. The Morgan fingerprint density at radius 1 is 1.26 bits per heavy atom. The fourth-order valence-electron chi connectivity index (χ4n) is 3.64. The first kappa shape index (κ1) is 14.9. The number of rotatable bonds is 5. The van der Waals surface area contributed by atoms with Crippen LogP contribution in [0.1, 0.15) is 45.4 Å². The minimum atomic E-state index is -4.07. The number of alkyl halides is 3. The van der Waals surface area contributed by atoms with Crippen LogP contribution in [0.2, 0.25) is 0 Å². The van der Waals surface area contributed by atoms with Crippen molar-refractivity contribution in [2.75, 3.05) is 6.61 Å². The van der Waals surface area contributed by atoms with Crippen molar-refractivity contribution in [1.29, 1.82) is 0 Å². The Balaban J connectivity index is 1.80. The van der Waals surface area contributed by atoms with Gasteiger partial charge in [0.05, 0.1) is 12.7 Å². The summed E-state index contributed by atoms with van der Waals surface area (Å²) in [5.41, 5.74) is 0.728. The third-order valence-corrected chi connectivity index (χ3v) is 4.70. The van der Waals surface area contributed by atoms with Crippen molar-refractivity contribution in [2.45, 2.75) is 57.7 Å². The molecule has 0 amide bonds. The third-order valence-electron chi connectivity index (χ3n) is 4.70. The van der Waals surface area contributed by atoms with Gasteiger partial charge in [-0.2, -0.15) is 13.2 Å². The highest BCUT2D eigenvalue weighted by Crippen LogP contribution is 2.46. The maximum absolute atomic E-state index is 12.2. The van der Waals surface area contributed by atoms with Gasteiger partial charge in [-0.25, -0.2) is 0 Å². The van der Waals surface area contributed by atoms with E-state index in [2.05, 4.69) is 13.5 Å². The molecule has 1 aliphatic carbocycles. The van der Waals surface area contributed by atoms with Gasteiger partial charge in [-0.05, 0) is 43.4 Å². The van der Waals surface area contributed by atoms with E-state index in [1.54, 1.807) is 0 Å². The molecular formula is C15H23F3O. The maximum atomic E-state index is 12.2. The standard InChI is InChI=1S/C15H23F3O/c1-3-11-9-19-14-12(4-5-13(11)14)8-10(2)6-7-15(16,17)18/h11-14H,2-9H2,1H3. The second kappa shape index (κ2) is 5.86. The smallest absolute Gasteiger partial charge is 0.377 e. The van der Waals surface area contributed by atoms with Gasteiger partial charge < -0.3 is 4.74 Å². The van der Waals surface area contributed by atoms with E-state index < -0.39 is 12.6 Å². The molecule has 110 valence electrons. The first-order chi connectivity index (χ1) is 8.90. The Morgan fingerprint density at radius 3 is 2.63 bits per heavy atom. The number of allylic oxidation sites excluding steroid dienone is 1. The average molecular weight is 276 g/mol. The molecule has 0 aromatic heterocycles. The van der Waals surface area contributed by atoms with E-state index in [1.165, 1.54) is 6.42 Å². The number of hydrogen-bond acceptors (Lipinski definition) is 1. The second-order valence-electron chi connectivity index (χ2n) is 6.04. The molecule has 0 N–H and O–H groups in total. The van der Waals surface area contributed by atoms with Crippen LogP contribution in [0.3, 0.4) is 0 Å². The van der Waals surface area contributed by atoms with Crippen molar-refractivity contribution in [3.8, 4) is 0 Å². The lowest BCUT2D eigenvalue weighted by molar-refractivity contribution is -0.134. The van der Waals surface area contributed by atoms with Gasteiger partial charge in [0.25, 0.3) is 0 Å². The van der Waals surface area contributed by atoms with Crippen molar-refractivity contribution in [3.63, 3.8) is 0 Å². The number of hydrogen-bond donors (Lipinski definition) is 0. The quantitative estimate of drug-likeness (QED) is 0.660. The Morgan fingerprint density at radius 2 is 2.00 bits per heavy atom. The van der Waals surface area contributed by atoms with Gasteiger partial charge in [-0.3, -0.25) is 0 Å². The lowest BCUT2D eigenvalue weighted by atomic mass is 9.88. The van der Waals surface area contributed by atoms with Gasteiger partial charge in [0, 0.05) is 6.42 Å². The molecule has 0 radical (unpaired) electrons. The Labute approximate surface area is 113 Å². The van der Waals surface area contributed by atoms with E-state index in [0.29, 0.717) is 24.2 Å². The molecule has 0 aromatic carbocycles. The van der Waals surface area contributed by atoms with Gasteiger partial charge in [-0.1, -0.05) is 25.5 Å². The van der Waals surface area contributed by atoms with Crippen LogP contribution in [0.4, 0.5) is 13.2 Å². The Hall–Kier alpha value is -0.510. The first-order valence-electron chi connectivity index (χ1n) is 7.25. The summed E-state index contributed by atoms with van der Waals surface area (Å²) in [5, 5.41) is 0. The van der Waals surface area contributed by atoms with Gasteiger partial charge in [0.2, 0.25) is 0 Å². The van der Waals surface area contributed by atoms with Crippen LogP contribution >= 0.6 is 0 Å². The molecule has 1 saturated heterocycles. The zero-order valence-electron chi connectivity index (χ0n) is 11.5. The van der Waals surface area contributed by atoms with Gasteiger partial charge in [0.15, 0.2) is 0 Å². The topological polar surface area (TPSA) is 9.23 Å². The summed E-state index contributed by atoms with van der Waals surface area (Å²) in [7, 11) is 0. The summed E-state index contributed by atoms with van der Waals surface area (Å²) in [4.78, 5) is 0. The van der Waals surface area contributed by atoms with Crippen LogP contribution in [-0.2, 0) is 4.74 Å². The highest BCUT2D eigenvalue weighted by molar-refractivity contribution is 5.02. The van der Waals surface area contributed by atoms with E-state index in [1.807, 2.05) is 0 Å². The Bertz CT molecular complexity index is 324. The Kier molecular flexibility index (Phi) is 4.59. The monoisotopic (exact) mass is 276 g/mol. The largest absolute Gasteiger partial charge is 0.389 e. The fourth-order valence-corrected chi connectivity index (χ4v) is 3.64. The molecule has 2 fully saturated rings. The van der Waals surface area contributed by atoms with Crippen molar-refractivity contribution in [3.05, 3.63) is 12.2 Å². The van der Waals surface area contributed by atoms with E-state index in [9.17, 15) is 13.2 Å². The van der Waals surface area contributed by atoms with Gasteiger partial charge in [0.1, 0.15) is 0 Å². The molecule has 0 spiro atoms. The van der Waals surface area contributed by atoms with E-state index in [-0.39, 0.29) is 12.5 Å². The SMILES string of the molecule is C=C(CCC(F)(F)F)CC1CCC2C(CC)COC12. The normalized spacial score (nSPS) is 34.5. The summed E-state index contributed by atoms with van der Waals surface area (Å²) in [6.07, 6.45) is -0.390. The second-order valence-corrected chi connectivity index (χ2v) is 6.04. The summed E-state index contributed by atoms with van der Waals surface area (Å²) >= 11 is 0. The molecule has 19 heavy (non-hydrogen) atoms. The predicted octanol–water partition coefficient (Wildman–Crippen LogP) is 4.73. The summed E-state index contributed by atoms with van der Waals surface area (Å²) in [5.74, 6) is 1.67. The van der Waals surface area contributed by atoms with E-state index >= 15 is 0 Å².